The van der Waals surface area contributed by atoms with E-state index in [1.54, 1.807) is 11.3 Å². The maximum Gasteiger partial charge on any atom is 0.407 e. The first-order valence-corrected chi connectivity index (χ1v) is 10.8. The smallest absolute Gasteiger partial charge is 0.407 e. The predicted molar refractivity (Wildman–Crippen MR) is 118 cm³/mol. The minimum absolute atomic E-state index is 0.0184. The Hall–Kier alpha value is -2.67. The second kappa shape index (κ2) is 8.60. The highest BCUT2D eigenvalue weighted by Gasteiger charge is 2.29. The van der Waals surface area contributed by atoms with Gasteiger partial charge in [-0.15, -0.1) is 11.3 Å². The van der Waals surface area contributed by atoms with Gasteiger partial charge in [0.15, 0.2) is 0 Å². The van der Waals surface area contributed by atoms with E-state index in [-0.39, 0.29) is 19.1 Å². The number of carbonyl (C=O) groups is 1. The zero-order valence-corrected chi connectivity index (χ0v) is 17.8. The van der Waals surface area contributed by atoms with Gasteiger partial charge in [0.1, 0.15) is 18.8 Å². The van der Waals surface area contributed by atoms with Gasteiger partial charge in [0, 0.05) is 22.2 Å². The molecule has 0 aliphatic heterocycles. The molecule has 1 aromatic heterocycles. The molecule has 3 aromatic rings. The highest BCUT2D eigenvalue weighted by Crippen LogP contribution is 2.44. The minimum Gasteiger partial charge on any atom is -0.449 e. The number of benzene rings is 2. The number of aliphatic hydroxyl groups is 2. The summed E-state index contributed by atoms with van der Waals surface area (Å²) in [5, 5.41) is 23.2. The zero-order valence-electron chi connectivity index (χ0n) is 17.0. The van der Waals surface area contributed by atoms with Crippen molar-refractivity contribution in [2.24, 2.45) is 0 Å². The second-order valence-corrected chi connectivity index (χ2v) is 9.05. The minimum atomic E-state index is -1.11. The second-order valence-electron chi connectivity index (χ2n) is 7.59. The maximum atomic E-state index is 12.2. The SMILES string of the molecule is Cc1cc(C(O)C(O)CNC(=O)OCC2c3ccccc3-c3ccccc32)c(C)s1. The van der Waals surface area contributed by atoms with Gasteiger partial charge in [0.2, 0.25) is 0 Å². The molecule has 0 radical (unpaired) electrons. The number of hydrogen-bond donors (Lipinski definition) is 3. The Kier molecular flexibility index (Phi) is 5.90. The van der Waals surface area contributed by atoms with Crippen LogP contribution in [0.2, 0.25) is 0 Å². The lowest BCUT2D eigenvalue weighted by Gasteiger charge is -2.19. The third-order valence-corrected chi connectivity index (χ3v) is 6.54. The van der Waals surface area contributed by atoms with E-state index in [9.17, 15) is 15.0 Å². The largest absolute Gasteiger partial charge is 0.449 e. The Morgan fingerprint density at radius 1 is 1.07 bits per heavy atom. The lowest BCUT2D eigenvalue weighted by atomic mass is 9.98. The van der Waals surface area contributed by atoms with Crippen molar-refractivity contribution in [1.82, 2.24) is 5.32 Å². The van der Waals surface area contributed by atoms with Gasteiger partial charge in [-0.05, 0) is 47.7 Å². The molecule has 5 nitrogen and oxygen atoms in total. The van der Waals surface area contributed by atoms with E-state index in [0.717, 1.165) is 20.9 Å². The van der Waals surface area contributed by atoms with Crippen LogP contribution in [0.25, 0.3) is 11.1 Å². The van der Waals surface area contributed by atoms with E-state index < -0.39 is 18.3 Å². The summed E-state index contributed by atoms with van der Waals surface area (Å²) >= 11 is 1.57. The summed E-state index contributed by atoms with van der Waals surface area (Å²) in [5.41, 5.74) is 5.32. The van der Waals surface area contributed by atoms with Crippen molar-refractivity contribution in [3.05, 3.63) is 81.0 Å². The Bertz CT molecular complexity index is 1020. The molecule has 6 heteroatoms. The van der Waals surface area contributed by atoms with Crippen molar-refractivity contribution in [1.29, 1.82) is 0 Å². The molecule has 1 aliphatic carbocycles. The lowest BCUT2D eigenvalue weighted by Crippen LogP contribution is -2.36. The number of fused-ring (bicyclic) bond motifs is 3. The van der Waals surface area contributed by atoms with Gasteiger partial charge < -0.3 is 20.3 Å². The number of nitrogens with one attached hydrogen (secondary N) is 1. The van der Waals surface area contributed by atoms with Crippen molar-refractivity contribution in [2.45, 2.75) is 32.0 Å². The monoisotopic (exact) mass is 423 g/mol. The molecule has 1 amide bonds. The molecule has 2 atom stereocenters. The number of ether oxygens (including phenoxy) is 1. The van der Waals surface area contributed by atoms with Crippen molar-refractivity contribution >= 4 is 17.4 Å². The first-order valence-electron chi connectivity index (χ1n) is 9.97. The Labute approximate surface area is 180 Å². The van der Waals surface area contributed by atoms with Crippen molar-refractivity contribution in [3.8, 4) is 11.1 Å². The predicted octanol–water partition coefficient (Wildman–Crippen LogP) is 4.30. The van der Waals surface area contributed by atoms with E-state index in [2.05, 4.69) is 29.6 Å². The third-order valence-electron chi connectivity index (χ3n) is 5.56. The molecule has 3 N–H and O–H groups in total. The topological polar surface area (TPSA) is 78.8 Å². The molecule has 30 heavy (non-hydrogen) atoms. The average Bonchev–Trinajstić information content (AvgIpc) is 3.26. The van der Waals surface area contributed by atoms with Crippen molar-refractivity contribution in [2.75, 3.05) is 13.2 Å². The standard InChI is InChI=1S/C24H25NO4S/c1-14-11-20(15(2)30-14)23(27)22(26)12-25-24(28)29-13-21-18-9-5-3-7-16(18)17-8-4-6-10-19(17)21/h3-11,21-23,26-27H,12-13H2,1-2H3,(H,25,28). The van der Waals surface area contributed by atoms with E-state index in [4.69, 9.17) is 4.74 Å². The number of alkyl carbamates (subject to hydrolysis) is 1. The van der Waals surface area contributed by atoms with Gasteiger partial charge in [-0.25, -0.2) is 4.79 Å². The summed E-state index contributed by atoms with van der Waals surface area (Å²) in [6.07, 6.45) is -2.77. The van der Waals surface area contributed by atoms with Gasteiger partial charge >= 0.3 is 6.09 Å². The molecular weight excluding hydrogens is 398 g/mol. The van der Waals surface area contributed by atoms with Crippen LogP contribution in [0.4, 0.5) is 4.79 Å². The van der Waals surface area contributed by atoms with Crippen LogP contribution >= 0.6 is 11.3 Å². The number of amides is 1. The molecule has 2 unspecified atom stereocenters. The van der Waals surface area contributed by atoms with E-state index in [1.165, 1.54) is 11.1 Å². The van der Waals surface area contributed by atoms with E-state index in [1.807, 2.05) is 44.2 Å². The van der Waals surface area contributed by atoms with E-state index in [0.29, 0.717) is 5.56 Å². The van der Waals surface area contributed by atoms with Crippen LogP contribution in [0.1, 0.15) is 38.5 Å². The number of thiophene rings is 1. The highest BCUT2D eigenvalue weighted by molar-refractivity contribution is 7.12. The molecule has 0 saturated heterocycles. The van der Waals surface area contributed by atoms with Crippen LogP contribution in [0.5, 0.6) is 0 Å². The first-order chi connectivity index (χ1) is 14.5. The van der Waals surface area contributed by atoms with Crippen molar-refractivity contribution < 1.29 is 19.7 Å². The number of aryl methyl sites for hydroxylation is 2. The highest BCUT2D eigenvalue weighted by atomic mass is 32.1. The van der Waals surface area contributed by atoms with Gasteiger partial charge in [0.25, 0.3) is 0 Å². The Morgan fingerprint density at radius 3 is 2.23 bits per heavy atom. The molecule has 0 bridgehead atoms. The number of aliphatic hydroxyl groups excluding tert-OH is 2. The summed E-state index contributed by atoms with van der Waals surface area (Å²) in [6, 6.07) is 18.2. The fourth-order valence-electron chi connectivity index (χ4n) is 4.10. The first kappa shape index (κ1) is 20.6. The van der Waals surface area contributed by atoms with E-state index >= 15 is 0 Å². The summed E-state index contributed by atoms with van der Waals surface area (Å²) in [4.78, 5) is 14.3. The normalized spacial score (nSPS) is 14.7. The van der Waals surface area contributed by atoms with Gasteiger partial charge in [-0.3, -0.25) is 0 Å². The molecule has 1 aliphatic rings. The molecule has 1 heterocycles. The van der Waals surface area contributed by atoms with Gasteiger partial charge in [-0.1, -0.05) is 48.5 Å². The molecule has 0 fully saturated rings. The molecule has 0 spiro atoms. The summed E-state index contributed by atoms with van der Waals surface area (Å²) in [5.74, 6) is -0.0184. The fourth-order valence-corrected chi connectivity index (χ4v) is 5.07. The van der Waals surface area contributed by atoms with Crippen LogP contribution in [-0.4, -0.2) is 35.6 Å². The maximum absolute atomic E-state index is 12.2. The summed E-state index contributed by atoms with van der Waals surface area (Å²) in [6.45, 7) is 3.98. The molecule has 156 valence electrons. The Morgan fingerprint density at radius 2 is 1.67 bits per heavy atom. The quantitative estimate of drug-likeness (QED) is 0.552. The zero-order chi connectivity index (χ0) is 21.3. The van der Waals surface area contributed by atoms with Crippen LogP contribution in [0.15, 0.2) is 54.6 Å². The van der Waals surface area contributed by atoms with Gasteiger partial charge in [-0.2, -0.15) is 0 Å². The van der Waals surface area contributed by atoms with Crippen LogP contribution in [0, 0.1) is 13.8 Å². The Balaban J connectivity index is 1.35. The number of rotatable bonds is 6. The summed E-state index contributed by atoms with van der Waals surface area (Å²) in [7, 11) is 0. The molecule has 0 saturated carbocycles. The fraction of sp³-hybridized carbons (Fsp3) is 0.292. The van der Waals surface area contributed by atoms with Crippen molar-refractivity contribution in [3.63, 3.8) is 0 Å². The molecule has 2 aromatic carbocycles. The van der Waals surface area contributed by atoms with Crippen LogP contribution in [-0.2, 0) is 4.74 Å². The number of hydrogen-bond acceptors (Lipinski definition) is 5. The summed E-state index contributed by atoms with van der Waals surface area (Å²) < 4.78 is 5.46. The molecule has 4 rings (SSSR count). The number of carbonyl (C=O) groups excluding carboxylic acids is 1. The van der Waals surface area contributed by atoms with Gasteiger partial charge in [0.05, 0.1) is 0 Å². The average molecular weight is 424 g/mol. The van der Waals surface area contributed by atoms with Crippen LogP contribution in [0.3, 0.4) is 0 Å². The molecular formula is C24H25NO4S. The van der Waals surface area contributed by atoms with Crippen LogP contribution < -0.4 is 5.32 Å². The third kappa shape index (κ3) is 3.99. The lowest BCUT2D eigenvalue weighted by molar-refractivity contribution is 0.0184.